The smallest absolute Gasteiger partial charge is 0.0135 e. The number of hydrogen-bond donors (Lipinski definition) is 0. The Morgan fingerprint density at radius 3 is 2.42 bits per heavy atom. The van der Waals surface area contributed by atoms with E-state index >= 15 is 0 Å². The monoisotopic (exact) mass is 225 g/mol. The Kier molecular flexibility index (Phi) is 3.33. The molecule has 0 aliphatic carbocycles. The highest BCUT2D eigenvalue weighted by molar-refractivity contribution is 9.09. The molecule has 0 atom stereocenters. The first-order chi connectivity index (χ1) is 5.65. The largest absolute Gasteiger partial charge is 0.0918 e. The van der Waals surface area contributed by atoms with E-state index in [0.717, 1.165) is 5.33 Å². The van der Waals surface area contributed by atoms with E-state index in [0.29, 0.717) is 0 Å². The molecule has 1 aromatic carbocycles. The van der Waals surface area contributed by atoms with Gasteiger partial charge in [-0.2, -0.15) is 0 Å². The molecule has 0 N–H and O–H groups in total. The molecule has 0 unspecified atom stereocenters. The molecule has 1 radical (unpaired) electrons. The van der Waals surface area contributed by atoms with Crippen LogP contribution in [0.2, 0.25) is 0 Å². The van der Waals surface area contributed by atoms with E-state index in [9.17, 15) is 0 Å². The number of alkyl halides is 1. The number of aryl methyl sites for hydroxylation is 2. The van der Waals surface area contributed by atoms with Gasteiger partial charge >= 0.3 is 0 Å². The second-order valence-electron chi connectivity index (χ2n) is 3.21. The van der Waals surface area contributed by atoms with Gasteiger partial charge in [-0.15, -0.1) is 0 Å². The van der Waals surface area contributed by atoms with Crippen molar-refractivity contribution in [3.8, 4) is 0 Å². The van der Waals surface area contributed by atoms with Crippen molar-refractivity contribution >= 4 is 15.9 Å². The van der Waals surface area contributed by atoms with Gasteiger partial charge in [-0.05, 0) is 30.5 Å². The van der Waals surface area contributed by atoms with Crippen LogP contribution >= 0.6 is 15.9 Å². The Labute approximate surface area is 83.1 Å². The summed E-state index contributed by atoms with van der Waals surface area (Å²) in [4.78, 5) is 0. The van der Waals surface area contributed by atoms with E-state index in [-0.39, 0.29) is 0 Å². The maximum absolute atomic E-state index is 3.46. The lowest BCUT2D eigenvalue weighted by Gasteiger charge is -2.09. The fourth-order valence-corrected chi connectivity index (χ4v) is 1.41. The fourth-order valence-electron chi connectivity index (χ4n) is 1.08. The Morgan fingerprint density at radius 2 is 1.92 bits per heavy atom. The summed E-state index contributed by atoms with van der Waals surface area (Å²) in [6, 6.07) is 6.60. The normalized spacial score (nSPS) is 10.8. The molecule has 0 saturated carbocycles. The van der Waals surface area contributed by atoms with Crippen molar-refractivity contribution in [3.63, 3.8) is 0 Å². The molecule has 65 valence electrons. The number of hydrogen-bond acceptors (Lipinski definition) is 0. The molecule has 0 amide bonds. The summed E-state index contributed by atoms with van der Waals surface area (Å²) in [6.07, 6.45) is 0. The number of halogens is 1. The van der Waals surface area contributed by atoms with Gasteiger partial charge in [0.05, 0.1) is 0 Å². The molecular formula is C11H14Br. The zero-order chi connectivity index (χ0) is 9.14. The molecule has 0 nitrogen and oxygen atoms in total. The van der Waals surface area contributed by atoms with Gasteiger partial charge in [-0.1, -0.05) is 41.1 Å². The quantitative estimate of drug-likeness (QED) is 0.675. The van der Waals surface area contributed by atoms with E-state index in [1.165, 1.54) is 22.6 Å². The van der Waals surface area contributed by atoms with Crippen molar-refractivity contribution in [2.75, 3.05) is 5.33 Å². The predicted molar refractivity (Wildman–Crippen MR) is 57.7 cm³/mol. The second-order valence-corrected chi connectivity index (χ2v) is 3.77. The summed E-state index contributed by atoms with van der Waals surface area (Å²) in [5.74, 6) is 1.39. The lowest BCUT2D eigenvalue weighted by atomic mass is 9.99. The van der Waals surface area contributed by atoms with Crippen molar-refractivity contribution in [1.29, 1.82) is 0 Å². The van der Waals surface area contributed by atoms with Gasteiger partial charge in [0, 0.05) is 11.2 Å². The van der Waals surface area contributed by atoms with Crippen LogP contribution in [0.4, 0.5) is 0 Å². The molecule has 0 bridgehead atoms. The van der Waals surface area contributed by atoms with Gasteiger partial charge in [0.15, 0.2) is 0 Å². The van der Waals surface area contributed by atoms with Crippen LogP contribution in [0.15, 0.2) is 18.2 Å². The van der Waals surface area contributed by atoms with Gasteiger partial charge in [-0.25, -0.2) is 0 Å². The van der Waals surface area contributed by atoms with Crippen LogP contribution in [0.3, 0.4) is 0 Å². The van der Waals surface area contributed by atoms with Gasteiger partial charge in [0.25, 0.3) is 0 Å². The highest BCUT2D eigenvalue weighted by Crippen LogP contribution is 2.19. The van der Waals surface area contributed by atoms with Crippen molar-refractivity contribution < 1.29 is 0 Å². The Bertz CT molecular complexity index is 266. The summed E-state index contributed by atoms with van der Waals surface area (Å²) in [5.41, 5.74) is 4.07. The van der Waals surface area contributed by atoms with Crippen LogP contribution in [0, 0.1) is 19.8 Å². The molecule has 1 heteroatoms. The Morgan fingerprint density at radius 1 is 1.25 bits per heavy atom. The second kappa shape index (κ2) is 4.08. The third-order valence-electron chi connectivity index (χ3n) is 2.20. The van der Waals surface area contributed by atoms with Crippen LogP contribution in [-0.2, 0) is 0 Å². The van der Waals surface area contributed by atoms with Crippen molar-refractivity contribution in [2.24, 2.45) is 0 Å². The van der Waals surface area contributed by atoms with Crippen LogP contribution in [-0.4, -0.2) is 5.33 Å². The topological polar surface area (TPSA) is 0 Å². The highest BCUT2D eigenvalue weighted by Gasteiger charge is 2.04. The van der Waals surface area contributed by atoms with E-state index in [1.54, 1.807) is 0 Å². The lowest BCUT2D eigenvalue weighted by molar-refractivity contribution is 1.15. The van der Waals surface area contributed by atoms with Crippen LogP contribution in [0.1, 0.15) is 23.6 Å². The summed E-state index contributed by atoms with van der Waals surface area (Å²) in [7, 11) is 0. The minimum absolute atomic E-state index is 0.954. The first-order valence-electron chi connectivity index (χ1n) is 4.11. The molecule has 0 heterocycles. The highest BCUT2D eigenvalue weighted by atomic mass is 79.9. The molecule has 0 fully saturated rings. The molecule has 1 aromatic rings. The van der Waals surface area contributed by atoms with E-state index in [4.69, 9.17) is 0 Å². The van der Waals surface area contributed by atoms with Gasteiger partial charge in [-0.3, -0.25) is 0 Å². The fraction of sp³-hybridized carbons (Fsp3) is 0.364. The third kappa shape index (κ3) is 2.10. The van der Waals surface area contributed by atoms with Crippen LogP contribution < -0.4 is 0 Å². The third-order valence-corrected chi connectivity index (χ3v) is 3.04. The summed E-state index contributed by atoms with van der Waals surface area (Å²) in [5, 5.41) is 0.954. The average Bonchev–Trinajstić information content (AvgIpc) is 2.08. The molecular weight excluding hydrogens is 212 g/mol. The van der Waals surface area contributed by atoms with Crippen molar-refractivity contribution in [1.82, 2.24) is 0 Å². The van der Waals surface area contributed by atoms with Gasteiger partial charge < -0.3 is 0 Å². The molecule has 0 spiro atoms. The van der Waals surface area contributed by atoms with Crippen molar-refractivity contribution in [2.45, 2.75) is 20.8 Å². The lowest BCUT2D eigenvalue weighted by Crippen LogP contribution is -1.96. The predicted octanol–water partition coefficient (Wildman–Crippen LogP) is 3.64. The summed E-state index contributed by atoms with van der Waals surface area (Å²) >= 11 is 3.46. The van der Waals surface area contributed by atoms with Crippen LogP contribution in [0.5, 0.6) is 0 Å². The Hall–Kier alpha value is -0.300. The maximum atomic E-state index is 3.46. The minimum atomic E-state index is 0.954. The number of benzene rings is 1. The van der Waals surface area contributed by atoms with E-state index < -0.39 is 0 Å². The summed E-state index contributed by atoms with van der Waals surface area (Å²) in [6.45, 7) is 6.45. The molecule has 0 aliphatic rings. The zero-order valence-electron chi connectivity index (χ0n) is 7.82. The van der Waals surface area contributed by atoms with E-state index in [2.05, 4.69) is 54.9 Å². The Balaban J connectivity index is 2.96. The summed E-state index contributed by atoms with van der Waals surface area (Å²) < 4.78 is 0. The van der Waals surface area contributed by atoms with E-state index in [1.807, 2.05) is 0 Å². The molecule has 0 aliphatic heterocycles. The number of rotatable bonds is 2. The molecule has 1 rings (SSSR count). The van der Waals surface area contributed by atoms with Crippen molar-refractivity contribution in [3.05, 3.63) is 40.8 Å². The van der Waals surface area contributed by atoms with Gasteiger partial charge in [0.2, 0.25) is 0 Å². The molecule has 0 saturated heterocycles. The standard InChI is InChI=1S/C11H14Br/c1-8-4-5-11(6-9(8)2)10(3)7-12/h4-6H,7H2,1-3H3. The average molecular weight is 226 g/mol. The first kappa shape index (κ1) is 9.79. The SMILES string of the molecule is C[C](CBr)c1ccc(C)c(C)c1. The van der Waals surface area contributed by atoms with Crippen LogP contribution in [0.25, 0.3) is 0 Å². The zero-order valence-corrected chi connectivity index (χ0v) is 9.40. The molecule has 12 heavy (non-hydrogen) atoms. The first-order valence-corrected chi connectivity index (χ1v) is 5.23. The minimum Gasteiger partial charge on any atom is -0.0918 e. The van der Waals surface area contributed by atoms with Gasteiger partial charge in [0.1, 0.15) is 0 Å². The molecule has 0 aromatic heterocycles. The maximum Gasteiger partial charge on any atom is 0.0135 e.